The Hall–Kier alpha value is -3.02. The van der Waals surface area contributed by atoms with E-state index in [0.717, 1.165) is 37.0 Å². The summed E-state index contributed by atoms with van der Waals surface area (Å²) in [5, 5.41) is 2.53. The Morgan fingerprint density at radius 1 is 1.11 bits per heavy atom. The van der Waals surface area contributed by atoms with Gasteiger partial charge in [0.15, 0.2) is 0 Å². The molecule has 2 aromatic rings. The Bertz CT molecular complexity index is 805. The summed E-state index contributed by atoms with van der Waals surface area (Å²) in [6, 6.07) is 14.2. The zero-order valence-corrected chi connectivity index (χ0v) is 15.5. The lowest BCUT2D eigenvalue weighted by atomic mass is 10.00. The second kappa shape index (κ2) is 8.58. The second-order valence-electron chi connectivity index (χ2n) is 6.71. The van der Waals surface area contributed by atoms with Crippen LogP contribution >= 0.6 is 0 Å². The minimum absolute atomic E-state index is 0.0265. The Morgan fingerprint density at radius 3 is 2.59 bits per heavy atom. The van der Waals surface area contributed by atoms with Crippen LogP contribution < -0.4 is 15.8 Å². The van der Waals surface area contributed by atoms with Crippen molar-refractivity contribution in [3.8, 4) is 5.75 Å². The number of benzene rings is 2. The topological polar surface area (TPSA) is 84.7 Å². The first-order valence-corrected chi connectivity index (χ1v) is 9.20. The average molecular weight is 367 g/mol. The molecule has 1 heterocycles. The predicted octanol–water partition coefficient (Wildman–Crippen LogP) is 3.94. The molecule has 3 amide bonds. The normalized spacial score (nSPS) is 17.1. The number of urea groups is 1. The smallest absolute Gasteiger partial charge is 0.316 e. The van der Waals surface area contributed by atoms with Gasteiger partial charge in [-0.2, -0.15) is 0 Å². The minimum atomic E-state index is -0.648. The molecule has 1 unspecified atom stereocenters. The summed E-state index contributed by atoms with van der Waals surface area (Å²) >= 11 is 0. The lowest BCUT2D eigenvalue weighted by molar-refractivity contribution is 0.0681. The zero-order chi connectivity index (χ0) is 19.2. The number of carbonyl (C=O) groups is 2. The van der Waals surface area contributed by atoms with E-state index in [1.165, 1.54) is 0 Å². The number of hydrogen-bond acceptors (Lipinski definition) is 3. The number of ether oxygens (including phenoxy) is 1. The van der Waals surface area contributed by atoms with Gasteiger partial charge in [0.25, 0.3) is 5.91 Å². The molecule has 142 valence electrons. The zero-order valence-electron chi connectivity index (χ0n) is 15.5. The molecule has 0 aromatic heterocycles. The van der Waals surface area contributed by atoms with Gasteiger partial charge in [0.05, 0.1) is 13.2 Å². The molecular weight excluding hydrogens is 342 g/mol. The molecule has 0 saturated carbocycles. The van der Waals surface area contributed by atoms with Crippen LogP contribution in [0.25, 0.3) is 0 Å². The Morgan fingerprint density at radius 2 is 1.89 bits per heavy atom. The van der Waals surface area contributed by atoms with E-state index < -0.39 is 6.03 Å². The first kappa shape index (κ1) is 18.8. The molecule has 27 heavy (non-hydrogen) atoms. The number of nitrogens with zero attached hydrogens (tertiary/aromatic N) is 1. The number of nitrogens with one attached hydrogen (secondary N) is 1. The molecule has 1 atom stereocenters. The average Bonchev–Trinajstić information content (AvgIpc) is 2.93. The summed E-state index contributed by atoms with van der Waals surface area (Å²) < 4.78 is 5.24. The number of hydrogen-bond donors (Lipinski definition) is 2. The number of amides is 3. The van der Waals surface area contributed by atoms with Crippen LogP contribution in [0.2, 0.25) is 0 Å². The largest absolute Gasteiger partial charge is 0.497 e. The molecule has 0 bridgehead atoms. The standard InChI is InChI=1S/C21H25N3O3/c1-27-18-11-9-15(10-12-18)19-8-3-2-4-13-24(19)20(25)16-6-5-7-17(14-16)23-21(22)26/h5-7,9-12,14,19H,2-4,8,13H2,1H3,(H3,22,23,26). The number of anilines is 1. The van der Waals surface area contributed by atoms with Gasteiger partial charge >= 0.3 is 6.03 Å². The molecule has 2 aromatic carbocycles. The molecule has 6 nitrogen and oxygen atoms in total. The van der Waals surface area contributed by atoms with E-state index in [9.17, 15) is 9.59 Å². The molecule has 1 aliphatic rings. The van der Waals surface area contributed by atoms with E-state index in [4.69, 9.17) is 10.5 Å². The van der Waals surface area contributed by atoms with Crippen molar-refractivity contribution in [1.82, 2.24) is 4.90 Å². The van der Waals surface area contributed by atoms with E-state index in [2.05, 4.69) is 5.32 Å². The van der Waals surface area contributed by atoms with Gasteiger partial charge in [-0.15, -0.1) is 0 Å². The van der Waals surface area contributed by atoms with E-state index in [-0.39, 0.29) is 11.9 Å². The number of methoxy groups -OCH3 is 1. The fraction of sp³-hybridized carbons (Fsp3) is 0.333. The summed E-state index contributed by atoms with van der Waals surface area (Å²) in [6.07, 6.45) is 4.11. The number of nitrogens with two attached hydrogens (primary N) is 1. The van der Waals surface area contributed by atoms with Gasteiger partial charge in [0.1, 0.15) is 5.75 Å². The highest BCUT2D eigenvalue weighted by atomic mass is 16.5. The van der Waals surface area contributed by atoms with Gasteiger partial charge in [0.2, 0.25) is 0 Å². The van der Waals surface area contributed by atoms with Gasteiger partial charge in [-0.1, -0.05) is 31.0 Å². The van der Waals surface area contributed by atoms with Crippen molar-refractivity contribution < 1.29 is 14.3 Å². The molecule has 0 spiro atoms. The summed E-state index contributed by atoms with van der Waals surface area (Å²) in [6.45, 7) is 0.711. The van der Waals surface area contributed by atoms with Crippen molar-refractivity contribution >= 4 is 17.6 Å². The highest BCUT2D eigenvalue weighted by molar-refractivity contribution is 5.97. The first-order valence-electron chi connectivity index (χ1n) is 9.20. The van der Waals surface area contributed by atoms with Crippen LogP contribution in [-0.4, -0.2) is 30.5 Å². The maximum Gasteiger partial charge on any atom is 0.316 e. The monoisotopic (exact) mass is 367 g/mol. The summed E-state index contributed by atoms with van der Waals surface area (Å²) in [5.74, 6) is 0.765. The van der Waals surface area contributed by atoms with Crippen molar-refractivity contribution in [2.75, 3.05) is 19.0 Å². The fourth-order valence-electron chi connectivity index (χ4n) is 3.56. The lowest BCUT2D eigenvalue weighted by Crippen LogP contribution is -2.35. The van der Waals surface area contributed by atoms with Gasteiger partial charge < -0.3 is 20.7 Å². The van der Waals surface area contributed by atoms with Gasteiger partial charge in [-0.3, -0.25) is 4.79 Å². The van der Waals surface area contributed by atoms with E-state index >= 15 is 0 Å². The minimum Gasteiger partial charge on any atom is -0.497 e. The highest BCUT2D eigenvalue weighted by Gasteiger charge is 2.27. The van der Waals surface area contributed by atoms with Gasteiger partial charge in [-0.05, 0) is 48.7 Å². The Kier molecular flexibility index (Phi) is 5.96. The molecule has 3 N–H and O–H groups in total. The molecule has 3 rings (SSSR count). The van der Waals surface area contributed by atoms with Gasteiger partial charge in [0, 0.05) is 17.8 Å². The Balaban J connectivity index is 1.88. The molecule has 1 fully saturated rings. The summed E-state index contributed by atoms with van der Waals surface area (Å²) in [7, 11) is 1.64. The fourth-order valence-corrected chi connectivity index (χ4v) is 3.56. The molecule has 6 heteroatoms. The van der Waals surface area contributed by atoms with Crippen LogP contribution in [0.3, 0.4) is 0 Å². The number of primary amides is 1. The summed E-state index contributed by atoms with van der Waals surface area (Å²) in [5.41, 5.74) is 7.35. The van der Waals surface area contributed by atoms with Crippen molar-refractivity contribution in [1.29, 1.82) is 0 Å². The maximum absolute atomic E-state index is 13.3. The van der Waals surface area contributed by atoms with Crippen LogP contribution in [0, 0.1) is 0 Å². The van der Waals surface area contributed by atoms with Crippen LogP contribution in [0.1, 0.15) is 47.6 Å². The van der Waals surface area contributed by atoms with E-state index in [1.807, 2.05) is 29.2 Å². The quantitative estimate of drug-likeness (QED) is 0.858. The van der Waals surface area contributed by atoms with Crippen LogP contribution in [0.4, 0.5) is 10.5 Å². The third-order valence-corrected chi connectivity index (χ3v) is 4.89. The SMILES string of the molecule is COc1ccc(C2CCCCCN2C(=O)c2cccc(NC(N)=O)c2)cc1. The molecule has 1 aliphatic heterocycles. The number of carbonyl (C=O) groups excluding carboxylic acids is 2. The van der Waals surface area contributed by atoms with E-state index in [1.54, 1.807) is 31.4 Å². The third-order valence-electron chi connectivity index (χ3n) is 4.89. The lowest BCUT2D eigenvalue weighted by Gasteiger charge is -2.31. The van der Waals surface area contributed by atoms with Crippen LogP contribution in [-0.2, 0) is 0 Å². The molecule has 1 saturated heterocycles. The molecule has 0 radical (unpaired) electrons. The van der Waals surface area contributed by atoms with Crippen molar-refractivity contribution in [2.24, 2.45) is 5.73 Å². The predicted molar refractivity (Wildman–Crippen MR) is 105 cm³/mol. The second-order valence-corrected chi connectivity index (χ2v) is 6.71. The summed E-state index contributed by atoms with van der Waals surface area (Å²) in [4.78, 5) is 26.3. The van der Waals surface area contributed by atoms with Crippen molar-refractivity contribution in [2.45, 2.75) is 31.7 Å². The Labute approximate surface area is 159 Å². The third kappa shape index (κ3) is 4.58. The number of likely N-dealkylation sites (tertiary alicyclic amines) is 1. The first-order chi connectivity index (χ1) is 13.1. The van der Waals surface area contributed by atoms with Crippen molar-refractivity contribution in [3.63, 3.8) is 0 Å². The van der Waals surface area contributed by atoms with Crippen LogP contribution in [0.5, 0.6) is 5.75 Å². The number of rotatable bonds is 4. The maximum atomic E-state index is 13.3. The van der Waals surface area contributed by atoms with Crippen molar-refractivity contribution in [3.05, 3.63) is 59.7 Å². The van der Waals surface area contributed by atoms with E-state index in [0.29, 0.717) is 17.8 Å². The van der Waals surface area contributed by atoms with Crippen LogP contribution in [0.15, 0.2) is 48.5 Å². The highest BCUT2D eigenvalue weighted by Crippen LogP contribution is 2.32. The van der Waals surface area contributed by atoms with Gasteiger partial charge in [-0.25, -0.2) is 4.79 Å². The molecule has 0 aliphatic carbocycles. The molecular formula is C21H25N3O3.